The Morgan fingerprint density at radius 3 is 2.05 bits per heavy atom. The van der Waals surface area contributed by atoms with Crippen molar-refractivity contribution in [2.45, 2.75) is 4.90 Å². The molecule has 3 N–H and O–H groups in total. The van der Waals surface area contributed by atoms with Crippen molar-refractivity contribution >= 4 is 27.4 Å². The maximum absolute atomic E-state index is 12.8. The molecule has 0 atom stereocenters. The molecule has 0 aliphatic carbocycles. The Hall–Kier alpha value is -2.61. The second-order valence-corrected chi connectivity index (χ2v) is 6.02. The Morgan fingerprint density at radius 1 is 0.955 bits per heavy atom. The lowest BCUT2D eigenvalue weighted by Crippen LogP contribution is -2.24. The minimum absolute atomic E-state index is 0.0403. The van der Waals surface area contributed by atoms with E-state index in [2.05, 4.69) is 15.4 Å². The van der Waals surface area contributed by atoms with E-state index in [-0.39, 0.29) is 10.9 Å². The molecule has 0 radical (unpaired) electrons. The molecular weight excluding hydrogens is 309 g/mol. The summed E-state index contributed by atoms with van der Waals surface area (Å²) in [6, 6.07) is 10.3. The maximum atomic E-state index is 12.8. The number of rotatable bonds is 4. The van der Waals surface area contributed by atoms with Gasteiger partial charge >= 0.3 is 6.03 Å². The van der Waals surface area contributed by atoms with Gasteiger partial charge in [-0.1, -0.05) is 0 Å². The lowest BCUT2D eigenvalue weighted by Gasteiger charge is -2.09. The van der Waals surface area contributed by atoms with Crippen LogP contribution in [0.5, 0.6) is 0 Å². The van der Waals surface area contributed by atoms with E-state index >= 15 is 0 Å². The number of carbonyl (C=O) groups excluding carboxylic acids is 1. The van der Waals surface area contributed by atoms with Gasteiger partial charge in [0.15, 0.2) is 0 Å². The first-order chi connectivity index (χ1) is 10.4. The number of sulfonamides is 1. The highest BCUT2D eigenvalue weighted by molar-refractivity contribution is 7.92. The zero-order valence-corrected chi connectivity index (χ0v) is 12.4. The Morgan fingerprint density at radius 2 is 1.50 bits per heavy atom. The SMILES string of the molecule is CNC(=O)Nc1ccc(NS(=O)(=O)c2ccc(F)cc2)cc1. The molecular formula is C14H14FN3O3S. The summed E-state index contributed by atoms with van der Waals surface area (Å²) in [4.78, 5) is 11.1. The van der Waals surface area contributed by atoms with Gasteiger partial charge < -0.3 is 10.6 Å². The molecule has 0 unspecified atom stereocenters. The summed E-state index contributed by atoms with van der Waals surface area (Å²) in [7, 11) is -2.30. The topological polar surface area (TPSA) is 87.3 Å². The Bertz CT molecular complexity index is 759. The van der Waals surface area contributed by atoms with Crippen LogP contribution in [0.2, 0.25) is 0 Å². The van der Waals surface area contributed by atoms with Gasteiger partial charge in [-0.2, -0.15) is 0 Å². The molecule has 0 aliphatic rings. The van der Waals surface area contributed by atoms with E-state index in [9.17, 15) is 17.6 Å². The number of amides is 2. The highest BCUT2D eigenvalue weighted by Gasteiger charge is 2.14. The van der Waals surface area contributed by atoms with Crippen molar-refractivity contribution < 1.29 is 17.6 Å². The van der Waals surface area contributed by atoms with Gasteiger partial charge in [0.2, 0.25) is 0 Å². The molecule has 0 aliphatic heterocycles. The van der Waals surface area contributed by atoms with Crippen LogP contribution in [0.4, 0.5) is 20.6 Å². The summed E-state index contributed by atoms with van der Waals surface area (Å²) in [5, 5.41) is 4.95. The molecule has 22 heavy (non-hydrogen) atoms. The molecule has 0 saturated carbocycles. The number of anilines is 2. The summed E-state index contributed by atoms with van der Waals surface area (Å²) in [5.41, 5.74) is 0.843. The van der Waals surface area contributed by atoms with Crippen LogP contribution in [-0.4, -0.2) is 21.5 Å². The molecule has 0 spiro atoms. The third-order valence-electron chi connectivity index (χ3n) is 2.75. The van der Waals surface area contributed by atoms with Crippen molar-refractivity contribution in [2.75, 3.05) is 17.1 Å². The van der Waals surface area contributed by atoms with Gasteiger partial charge in [-0.3, -0.25) is 4.72 Å². The first-order valence-corrected chi connectivity index (χ1v) is 7.76. The fourth-order valence-corrected chi connectivity index (χ4v) is 2.70. The van der Waals surface area contributed by atoms with Crippen LogP contribution >= 0.6 is 0 Å². The number of hydrogen-bond acceptors (Lipinski definition) is 3. The van der Waals surface area contributed by atoms with Crippen molar-refractivity contribution in [3.8, 4) is 0 Å². The van der Waals surface area contributed by atoms with Gasteiger partial charge in [0.1, 0.15) is 5.82 Å². The fraction of sp³-hybridized carbons (Fsp3) is 0.0714. The van der Waals surface area contributed by atoms with Crippen LogP contribution in [-0.2, 0) is 10.0 Å². The summed E-state index contributed by atoms with van der Waals surface area (Å²) < 4.78 is 39.4. The highest BCUT2D eigenvalue weighted by atomic mass is 32.2. The minimum Gasteiger partial charge on any atom is -0.341 e. The minimum atomic E-state index is -3.79. The van der Waals surface area contributed by atoms with E-state index in [0.717, 1.165) is 12.1 Å². The Balaban J connectivity index is 2.13. The summed E-state index contributed by atoms with van der Waals surface area (Å²) >= 11 is 0. The molecule has 116 valence electrons. The van der Waals surface area contributed by atoms with E-state index in [0.29, 0.717) is 11.4 Å². The van der Waals surface area contributed by atoms with Crippen LogP contribution < -0.4 is 15.4 Å². The number of halogens is 1. The average molecular weight is 323 g/mol. The lowest BCUT2D eigenvalue weighted by molar-refractivity contribution is 0.254. The van der Waals surface area contributed by atoms with Gasteiger partial charge in [0.05, 0.1) is 4.90 Å². The molecule has 0 bridgehead atoms. The zero-order valence-electron chi connectivity index (χ0n) is 11.6. The van der Waals surface area contributed by atoms with E-state index < -0.39 is 15.8 Å². The Labute approximate surface area is 127 Å². The Kier molecular flexibility index (Phi) is 4.62. The number of carbonyl (C=O) groups is 1. The second kappa shape index (κ2) is 6.44. The van der Waals surface area contributed by atoms with Crippen LogP contribution in [0, 0.1) is 5.82 Å². The quantitative estimate of drug-likeness (QED) is 0.807. The number of nitrogens with one attached hydrogen (secondary N) is 3. The zero-order chi connectivity index (χ0) is 16.2. The molecule has 0 fully saturated rings. The maximum Gasteiger partial charge on any atom is 0.318 e. The largest absolute Gasteiger partial charge is 0.341 e. The standard InChI is InChI=1S/C14H14FN3O3S/c1-16-14(19)17-11-4-6-12(7-5-11)18-22(20,21)13-8-2-10(15)3-9-13/h2-9,18H,1H3,(H2,16,17,19). The van der Waals surface area contributed by atoms with Crippen molar-refractivity contribution in [3.63, 3.8) is 0 Å². The molecule has 2 rings (SSSR count). The summed E-state index contributed by atoms with van der Waals surface area (Å²) in [6.07, 6.45) is 0. The predicted octanol–water partition coefficient (Wildman–Crippen LogP) is 2.38. The van der Waals surface area contributed by atoms with E-state index in [1.54, 1.807) is 12.1 Å². The monoisotopic (exact) mass is 323 g/mol. The van der Waals surface area contributed by atoms with E-state index in [1.165, 1.54) is 31.3 Å². The van der Waals surface area contributed by atoms with Gasteiger partial charge in [0.25, 0.3) is 10.0 Å². The number of hydrogen-bond donors (Lipinski definition) is 3. The molecule has 0 aromatic heterocycles. The molecule has 0 heterocycles. The first-order valence-electron chi connectivity index (χ1n) is 6.28. The third kappa shape index (κ3) is 3.95. The van der Waals surface area contributed by atoms with Gasteiger partial charge in [-0.05, 0) is 48.5 Å². The molecule has 2 aromatic carbocycles. The van der Waals surface area contributed by atoms with Crippen LogP contribution in [0.25, 0.3) is 0 Å². The normalized spacial score (nSPS) is 10.8. The molecule has 0 saturated heterocycles. The smallest absolute Gasteiger partial charge is 0.318 e. The predicted molar refractivity (Wildman–Crippen MR) is 81.7 cm³/mol. The lowest BCUT2D eigenvalue weighted by atomic mass is 10.3. The molecule has 8 heteroatoms. The van der Waals surface area contributed by atoms with Crippen molar-refractivity contribution in [2.24, 2.45) is 0 Å². The van der Waals surface area contributed by atoms with E-state index in [1.807, 2.05) is 0 Å². The van der Waals surface area contributed by atoms with Crippen LogP contribution in [0.3, 0.4) is 0 Å². The van der Waals surface area contributed by atoms with Crippen molar-refractivity contribution in [1.29, 1.82) is 0 Å². The van der Waals surface area contributed by atoms with E-state index in [4.69, 9.17) is 0 Å². The molecule has 6 nitrogen and oxygen atoms in total. The molecule has 2 aromatic rings. The van der Waals surface area contributed by atoms with Crippen LogP contribution in [0.15, 0.2) is 53.4 Å². The third-order valence-corrected chi connectivity index (χ3v) is 4.14. The van der Waals surface area contributed by atoms with Crippen molar-refractivity contribution in [1.82, 2.24) is 5.32 Å². The van der Waals surface area contributed by atoms with Gasteiger partial charge in [-0.15, -0.1) is 0 Å². The van der Waals surface area contributed by atoms with Gasteiger partial charge in [-0.25, -0.2) is 17.6 Å². The fourth-order valence-electron chi connectivity index (χ4n) is 1.64. The number of urea groups is 1. The first kappa shape index (κ1) is 15.8. The highest BCUT2D eigenvalue weighted by Crippen LogP contribution is 2.18. The van der Waals surface area contributed by atoms with Crippen molar-refractivity contribution in [3.05, 3.63) is 54.3 Å². The summed E-state index contributed by atoms with van der Waals surface area (Å²) in [6.45, 7) is 0. The average Bonchev–Trinajstić information content (AvgIpc) is 2.49. The molecule has 2 amide bonds. The summed E-state index contributed by atoms with van der Waals surface area (Å²) in [5.74, 6) is -0.511. The van der Waals surface area contributed by atoms with Crippen LogP contribution in [0.1, 0.15) is 0 Å². The number of benzene rings is 2. The van der Waals surface area contributed by atoms with Gasteiger partial charge in [0, 0.05) is 18.4 Å². The second-order valence-electron chi connectivity index (χ2n) is 4.34.